The van der Waals surface area contributed by atoms with Gasteiger partial charge in [-0.25, -0.2) is 4.39 Å². The fraction of sp³-hybridized carbons (Fsp3) is 0.250. The number of hydrogen-bond donors (Lipinski definition) is 1. The van der Waals surface area contributed by atoms with E-state index in [1.807, 2.05) is 20.8 Å². The van der Waals surface area contributed by atoms with Crippen molar-refractivity contribution in [1.29, 1.82) is 0 Å². The molecule has 0 saturated carbocycles. The molecule has 18 heavy (non-hydrogen) atoms. The highest BCUT2D eigenvalue weighted by Gasteiger charge is 2.22. The maximum absolute atomic E-state index is 14.0. The van der Waals surface area contributed by atoms with Gasteiger partial charge in [0.2, 0.25) is 0 Å². The number of terminal acetylenes is 1. The molecule has 0 atom stereocenters. The number of hydrogen-bond acceptors (Lipinski definition) is 1. The maximum Gasteiger partial charge on any atom is 0.172 e. The van der Waals surface area contributed by atoms with Crippen LogP contribution in [0, 0.1) is 18.2 Å². The lowest BCUT2D eigenvalue weighted by molar-refractivity contribution is 0.433. The van der Waals surface area contributed by atoms with Crippen LogP contribution in [-0.4, -0.2) is 5.11 Å². The van der Waals surface area contributed by atoms with E-state index in [-0.39, 0.29) is 11.2 Å². The van der Waals surface area contributed by atoms with Crippen molar-refractivity contribution in [1.82, 2.24) is 0 Å². The summed E-state index contributed by atoms with van der Waals surface area (Å²) >= 11 is 0. The lowest BCUT2D eigenvalue weighted by atomic mass is 9.82. The summed E-state index contributed by atoms with van der Waals surface area (Å²) in [4.78, 5) is 0. The van der Waals surface area contributed by atoms with Crippen LogP contribution in [0.5, 0.6) is 5.75 Å². The van der Waals surface area contributed by atoms with Crippen LogP contribution in [0.25, 0.3) is 10.8 Å². The molecule has 0 fully saturated rings. The van der Waals surface area contributed by atoms with E-state index in [9.17, 15) is 9.50 Å². The largest absolute Gasteiger partial charge is 0.505 e. The molecule has 2 aromatic rings. The van der Waals surface area contributed by atoms with E-state index in [0.29, 0.717) is 16.3 Å². The Balaban J connectivity index is 3.04. The summed E-state index contributed by atoms with van der Waals surface area (Å²) in [6.45, 7) is 6.02. The Hall–Kier alpha value is -2.01. The second-order valence-electron chi connectivity index (χ2n) is 5.38. The zero-order valence-corrected chi connectivity index (χ0v) is 10.7. The Kier molecular flexibility index (Phi) is 2.78. The van der Waals surface area contributed by atoms with Gasteiger partial charge in [-0.15, -0.1) is 6.42 Å². The average Bonchev–Trinajstić information content (AvgIpc) is 2.31. The summed E-state index contributed by atoms with van der Waals surface area (Å²) in [7, 11) is 0. The van der Waals surface area contributed by atoms with Crippen LogP contribution >= 0.6 is 0 Å². The lowest BCUT2D eigenvalue weighted by Crippen LogP contribution is -2.12. The van der Waals surface area contributed by atoms with Crippen LogP contribution in [0.15, 0.2) is 24.3 Å². The number of phenols is 1. The number of phenolic OH excluding ortho intramolecular Hbond substituents is 1. The molecule has 2 rings (SSSR count). The van der Waals surface area contributed by atoms with Crippen molar-refractivity contribution in [2.24, 2.45) is 0 Å². The number of aromatic hydroxyl groups is 1. The van der Waals surface area contributed by atoms with Crippen molar-refractivity contribution in [3.05, 3.63) is 41.2 Å². The third kappa shape index (κ3) is 1.82. The average molecular weight is 242 g/mol. The van der Waals surface area contributed by atoms with E-state index in [4.69, 9.17) is 6.42 Å². The number of rotatable bonds is 0. The molecule has 1 nitrogen and oxygen atoms in total. The van der Waals surface area contributed by atoms with Gasteiger partial charge >= 0.3 is 0 Å². The molecule has 92 valence electrons. The minimum atomic E-state index is -0.616. The smallest absolute Gasteiger partial charge is 0.172 e. The first kappa shape index (κ1) is 12.4. The van der Waals surface area contributed by atoms with Gasteiger partial charge in [-0.2, -0.15) is 0 Å². The van der Waals surface area contributed by atoms with Crippen molar-refractivity contribution in [2.75, 3.05) is 0 Å². The lowest BCUT2D eigenvalue weighted by Gasteiger charge is -2.23. The van der Waals surface area contributed by atoms with Crippen LogP contribution in [0.2, 0.25) is 0 Å². The monoisotopic (exact) mass is 242 g/mol. The number of halogens is 1. The molecule has 0 aliphatic heterocycles. The third-order valence-electron chi connectivity index (χ3n) is 3.04. The van der Waals surface area contributed by atoms with Crippen LogP contribution in [0.4, 0.5) is 4.39 Å². The van der Waals surface area contributed by atoms with Gasteiger partial charge in [0.1, 0.15) is 0 Å². The van der Waals surface area contributed by atoms with Crippen molar-refractivity contribution in [3.63, 3.8) is 0 Å². The van der Waals surface area contributed by atoms with Crippen LogP contribution in [0.1, 0.15) is 31.9 Å². The summed E-state index contributed by atoms with van der Waals surface area (Å²) < 4.78 is 14.0. The van der Waals surface area contributed by atoms with Crippen molar-refractivity contribution >= 4 is 10.8 Å². The van der Waals surface area contributed by atoms with Gasteiger partial charge in [0.15, 0.2) is 11.6 Å². The summed E-state index contributed by atoms with van der Waals surface area (Å²) in [6.07, 6.45) is 5.48. The molecule has 0 unspecified atom stereocenters. The molecule has 0 aliphatic carbocycles. The molecular weight excluding hydrogens is 227 g/mol. The van der Waals surface area contributed by atoms with E-state index in [1.54, 1.807) is 18.2 Å². The zero-order valence-electron chi connectivity index (χ0n) is 10.7. The first-order valence-electron chi connectivity index (χ1n) is 5.77. The van der Waals surface area contributed by atoms with Gasteiger partial charge in [0.05, 0.1) is 0 Å². The standard InChI is InChI=1S/C16H15FO/c1-5-10-7-6-8-11-14(10)12(16(2,3)4)9-13(18)15(11)17/h1,6-9,18H,2-4H3. The molecule has 0 aliphatic rings. The van der Waals surface area contributed by atoms with E-state index in [2.05, 4.69) is 5.92 Å². The number of fused-ring (bicyclic) bond motifs is 1. The Morgan fingerprint density at radius 2 is 1.94 bits per heavy atom. The minimum Gasteiger partial charge on any atom is -0.505 e. The molecular formula is C16H15FO. The fourth-order valence-corrected chi connectivity index (χ4v) is 2.15. The molecule has 2 aromatic carbocycles. The molecule has 0 saturated heterocycles. The quantitative estimate of drug-likeness (QED) is 0.693. The molecule has 0 heterocycles. The highest BCUT2D eigenvalue weighted by molar-refractivity contribution is 5.93. The molecule has 0 aromatic heterocycles. The van der Waals surface area contributed by atoms with Gasteiger partial charge in [0.25, 0.3) is 0 Å². The summed E-state index contributed by atoms with van der Waals surface area (Å²) in [5.41, 5.74) is 1.28. The Bertz CT molecular complexity index is 657. The molecule has 0 amide bonds. The first-order chi connectivity index (χ1) is 8.36. The Morgan fingerprint density at radius 1 is 1.28 bits per heavy atom. The molecule has 2 heteroatoms. The SMILES string of the molecule is C#Cc1cccc2c(F)c(O)cc(C(C)(C)C)c12. The van der Waals surface area contributed by atoms with Crippen LogP contribution in [0.3, 0.4) is 0 Å². The highest BCUT2D eigenvalue weighted by Crippen LogP contribution is 2.37. The van der Waals surface area contributed by atoms with Gasteiger partial charge in [-0.3, -0.25) is 0 Å². The van der Waals surface area contributed by atoms with Crippen LogP contribution < -0.4 is 0 Å². The highest BCUT2D eigenvalue weighted by atomic mass is 19.1. The van der Waals surface area contributed by atoms with E-state index in [0.717, 1.165) is 5.56 Å². The fourth-order valence-electron chi connectivity index (χ4n) is 2.15. The summed E-state index contributed by atoms with van der Waals surface area (Å²) in [5.74, 6) is 1.63. The second kappa shape index (κ2) is 4.03. The second-order valence-corrected chi connectivity index (χ2v) is 5.38. The zero-order chi connectivity index (χ0) is 13.5. The normalized spacial score (nSPS) is 11.5. The molecule has 1 N–H and O–H groups in total. The van der Waals surface area contributed by atoms with E-state index >= 15 is 0 Å². The Labute approximate surface area is 106 Å². The van der Waals surface area contributed by atoms with Gasteiger partial charge < -0.3 is 5.11 Å². The van der Waals surface area contributed by atoms with Gasteiger partial charge in [0, 0.05) is 16.3 Å². The minimum absolute atomic E-state index is 0.226. The van der Waals surface area contributed by atoms with Crippen molar-refractivity contribution in [2.45, 2.75) is 26.2 Å². The summed E-state index contributed by atoms with van der Waals surface area (Å²) in [6, 6.07) is 6.60. The Morgan fingerprint density at radius 3 is 2.50 bits per heavy atom. The first-order valence-corrected chi connectivity index (χ1v) is 5.77. The third-order valence-corrected chi connectivity index (χ3v) is 3.04. The topological polar surface area (TPSA) is 20.2 Å². The molecule has 0 radical (unpaired) electrons. The molecule has 0 bridgehead atoms. The van der Waals surface area contributed by atoms with E-state index in [1.165, 1.54) is 6.07 Å². The summed E-state index contributed by atoms with van der Waals surface area (Å²) in [5, 5.41) is 10.8. The van der Waals surface area contributed by atoms with Gasteiger partial charge in [-0.05, 0) is 23.1 Å². The maximum atomic E-state index is 14.0. The molecule has 0 spiro atoms. The van der Waals surface area contributed by atoms with Crippen LogP contribution in [-0.2, 0) is 5.41 Å². The van der Waals surface area contributed by atoms with Gasteiger partial charge in [-0.1, -0.05) is 38.8 Å². The van der Waals surface area contributed by atoms with Crippen molar-refractivity contribution < 1.29 is 9.50 Å². The number of benzene rings is 2. The predicted molar refractivity (Wildman–Crippen MR) is 72.2 cm³/mol. The predicted octanol–water partition coefficient (Wildman–Crippen LogP) is 3.96. The van der Waals surface area contributed by atoms with Crippen molar-refractivity contribution in [3.8, 4) is 18.1 Å². The van der Waals surface area contributed by atoms with E-state index < -0.39 is 5.82 Å².